The number of Topliss-reactive ketones (excluding diaryl/α,β-unsaturated/α-hetero) is 1. The lowest BCUT2D eigenvalue weighted by molar-refractivity contribution is -0.305. The van der Waals surface area contributed by atoms with Gasteiger partial charge < -0.3 is 14.5 Å². The van der Waals surface area contributed by atoms with E-state index in [1.807, 2.05) is 0 Å². The van der Waals surface area contributed by atoms with E-state index in [0.29, 0.717) is 0 Å². The van der Waals surface area contributed by atoms with E-state index in [1.165, 1.54) is 0 Å². The van der Waals surface area contributed by atoms with E-state index in [1.54, 1.807) is 0 Å². The molecule has 0 saturated carbocycles. The first-order valence-electron chi connectivity index (χ1n) is 2.90. The fourth-order valence-corrected chi connectivity index (χ4v) is 1.35. The molecule has 0 aliphatic heterocycles. The van der Waals surface area contributed by atoms with Crippen LogP contribution in [-0.2, 0) is 19.7 Å². The van der Waals surface area contributed by atoms with E-state index < -0.39 is 33.5 Å². The standard InChI is InChI=1S/C5H8O6S/c1-3(6)4(2-5(7)8)12(9,10)11/h4H,2H2,1H3,(H,7,8)(H,9,10,11)/p-2. The van der Waals surface area contributed by atoms with Crippen molar-refractivity contribution >= 4 is 21.9 Å². The number of carboxylic acid groups (broad SMARTS) is 1. The molecule has 0 radical (unpaired) electrons. The third-order valence-electron chi connectivity index (χ3n) is 1.15. The number of rotatable bonds is 4. The minimum absolute atomic E-state index is 0.836. The number of hydrogen-bond donors (Lipinski definition) is 0. The lowest BCUT2D eigenvalue weighted by atomic mass is 10.2. The summed E-state index contributed by atoms with van der Waals surface area (Å²) >= 11 is 0. The first kappa shape index (κ1) is 11.1. The van der Waals surface area contributed by atoms with Crippen LogP contribution in [0.4, 0.5) is 0 Å². The van der Waals surface area contributed by atoms with Crippen LogP contribution in [0.2, 0.25) is 0 Å². The zero-order chi connectivity index (χ0) is 9.94. The lowest BCUT2D eigenvalue weighted by Gasteiger charge is -2.17. The summed E-state index contributed by atoms with van der Waals surface area (Å²) in [5, 5.41) is 7.87. The Balaban J connectivity index is 4.70. The molecule has 0 aromatic heterocycles. The van der Waals surface area contributed by atoms with E-state index in [4.69, 9.17) is 0 Å². The van der Waals surface area contributed by atoms with Crippen LogP contribution in [0.3, 0.4) is 0 Å². The highest BCUT2D eigenvalue weighted by Gasteiger charge is 2.21. The molecule has 0 rings (SSSR count). The average molecular weight is 194 g/mol. The van der Waals surface area contributed by atoms with Gasteiger partial charge in [0.15, 0.2) is 0 Å². The Kier molecular flexibility index (Phi) is 3.35. The predicted octanol–water partition coefficient (Wildman–Crippen LogP) is -2.37. The Hall–Kier alpha value is -0.950. The van der Waals surface area contributed by atoms with Crippen molar-refractivity contribution in [2.75, 3.05) is 0 Å². The molecule has 0 aliphatic carbocycles. The summed E-state index contributed by atoms with van der Waals surface area (Å²) in [6.07, 6.45) is -1.08. The van der Waals surface area contributed by atoms with Gasteiger partial charge in [0, 0.05) is 12.4 Å². The Labute approximate surface area is 68.9 Å². The maximum atomic E-state index is 10.5. The largest absolute Gasteiger partial charge is 0.747 e. The molecule has 0 bridgehead atoms. The first-order valence-corrected chi connectivity index (χ1v) is 4.37. The van der Waals surface area contributed by atoms with Gasteiger partial charge in [0.1, 0.15) is 21.2 Å². The lowest BCUT2D eigenvalue weighted by Crippen LogP contribution is -2.36. The molecule has 0 spiro atoms. The van der Waals surface area contributed by atoms with Gasteiger partial charge in [-0.15, -0.1) is 0 Å². The van der Waals surface area contributed by atoms with Gasteiger partial charge in [0.05, 0.1) is 0 Å². The van der Waals surface area contributed by atoms with Crippen molar-refractivity contribution in [3.8, 4) is 0 Å². The fourth-order valence-electron chi connectivity index (χ4n) is 0.600. The molecule has 0 amide bonds. The smallest absolute Gasteiger partial charge is 0.147 e. The van der Waals surface area contributed by atoms with E-state index in [2.05, 4.69) is 0 Å². The maximum Gasteiger partial charge on any atom is 0.147 e. The van der Waals surface area contributed by atoms with Gasteiger partial charge in [-0.2, -0.15) is 0 Å². The third-order valence-corrected chi connectivity index (χ3v) is 2.35. The van der Waals surface area contributed by atoms with Crippen molar-refractivity contribution in [3.05, 3.63) is 0 Å². The van der Waals surface area contributed by atoms with Crippen LogP contribution < -0.4 is 5.11 Å². The molecule has 0 aliphatic rings. The Bertz CT molecular complexity index is 289. The second kappa shape index (κ2) is 3.63. The number of carbonyl (C=O) groups excluding carboxylic acids is 2. The van der Waals surface area contributed by atoms with Crippen molar-refractivity contribution in [3.63, 3.8) is 0 Å². The summed E-state index contributed by atoms with van der Waals surface area (Å²) in [6.45, 7) is 0.836. The number of ketones is 1. The Morgan fingerprint density at radius 1 is 1.42 bits per heavy atom. The molecule has 6 nitrogen and oxygen atoms in total. The normalized spacial score (nSPS) is 13.8. The van der Waals surface area contributed by atoms with Crippen LogP contribution in [0.5, 0.6) is 0 Å². The van der Waals surface area contributed by atoms with Crippen LogP contribution in [-0.4, -0.2) is 30.0 Å². The highest BCUT2D eigenvalue weighted by atomic mass is 32.2. The van der Waals surface area contributed by atoms with Gasteiger partial charge in [0.25, 0.3) is 0 Å². The van der Waals surface area contributed by atoms with Gasteiger partial charge in [-0.05, 0) is 6.92 Å². The van der Waals surface area contributed by atoms with E-state index >= 15 is 0 Å². The fraction of sp³-hybridized carbons (Fsp3) is 0.600. The van der Waals surface area contributed by atoms with Gasteiger partial charge in [0.2, 0.25) is 0 Å². The highest BCUT2D eigenvalue weighted by molar-refractivity contribution is 7.87. The molecule has 0 aromatic carbocycles. The second-order valence-corrected chi connectivity index (χ2v) is 3.72. The van der Waals surface area contributed by atoms with Gasteiger partial charge >= 0.3 is 0 Å². The predicted molar refractivity (Wildman–Crippen MR) is 33.8 cm³/mol. The van der Waals surface area contributed by atoms with E-state index in [0.717, 1.165) is 6.92 Å². The summed E-state index contributed by atoms with van der Waals surface area (Å²) in [7, 11) is -4.88. The van der Waals surface area contributed by atoms with Crippen LogP contribution >= 0.6 is 0 Å². The Morgan fingerprint density at radius 2 is 1.83 bits per heavy atom. The number of carbonyl (C=O) groups is 2. The van der Waals surface area contributed by atoms with Gasteiger partial charge in [-0.1, -0.05) is 0 Å². The molecule has 7 heteroatoms. The Morgan fingerprint density at radius 3 is 1.92 bits per heavy atom. The molecule has 0 heterocycles. The average Bonchev–Trinajstić information content (AvgIpc) is 1.79. The molecular weight excluding hydrogens is 188 g/mol. The van der Waals surface area contributed by atoms with Crippen molar-refractivity contribution < 1.29 is 27.7 Å². The number of hydrogen-bond acceptors (Lipinski definition) is 6. The maximum absolute atomic E-state index is 10.5. The topological polar surface area (TPSA) is 114 Å². The summed E-state index contributed by atoms with van der Waals surface area (Å²) in [4.78, 5) is 20.3. The van der Waals surface area contributed by atoms with E-state index in [-0.39, 0.29) is 0 Å². The minimum atomic E-state index is -4.88. The molecule has 0 N–H and O–H groups in total. The SMILES string of the molecule is CC(=O)C(CC(=O)[O-])S(=O)(=O)[O-]. The van der Waals surface area contributed by atoms with Crippen LogP contribution in [0.15, 0.2) is 0 Å². The monoisotopic (exact) mass is 194 g/mol. The zero-order valence-electron chi connectivity index (χ0n) is 6.14. The number of aliphatic carboxylic acids is 1. The van der Waals surface area contributed by atoms with Gasteiger partial charge in [-0.25, -0.2) is 8.42 Å². The molecule has 70 valence electrons. The summed E-state index contributed by atoms with van der Waals surface area (Å²) in [6, 6.07) is 0. The van der Waals surface area contributed by atoms with Crippen molar-refractivity contribution in [2.45, 2.75) is 18.6 Å². The minimum Gasteiger partial charge on any atom is -0.747 e. The van der Waals surface area contributed by atoms with Gasteiger partial charge in [-0.3, -0.25) is 4.79 Å². The molecule has 0 fully saturated rings. The molecule has 1 atom stereocenters. The van der Waals surface area contributed by atoms with Crippen LogP contribution in [0, 0.1) is 0 Å². The van der Waals surface area contributed by atoms with Crippen molar-refractivity contribution in [1.29, 1.82) is 0 Å². The number of carboxylic acids is 1. The van der Waals surface area contributed by atoms with Crippen molar-refractivity contribution in [1.82, 2.24) is 0 Å². The summed E-state index contributed by atoms with van der Waals surface area (Å²) < 4.78 is 30.7. The highest BCUT2D eigenvalue weighted by Crippen LogP contribution is 2.04. The second-order valence-electron chi connectivity index (χ2n) is 2.17. The molecule has 1 unspecified atom stereocenters. The van der Waals surface area contributed by atoms with Crippen LogP contribution in [0.25, 0.3) is 0 Å². The quantitative estimate of drug-likeness (QED) is 0.462. The van der Waals surface area contributed by atoms with Crippen molar-refractivity contribution in [2.24, 2.45) is 0 Å². The zero-order valence-corrected chi connectivity index (χ0v) is 6.96. The summed E-state index contributed by atoms with van der Waals surface area (Å²) in [5.74, 6) is -2.73. The molecule has 0 aromatic rings. The summed E-state index contributed by atoms with van der Waals surface area (Å²) in [5.41, 5.74) is 0. The molecule has 12 heavy (non-hydrogen) atoms. The third kappa shape index (κ3) is 3.44. The molecule has 0 saturated heterocycles. The molecular formula is C5H6O6S-2. The van der Waals surface area contributed by atoms with Crippen LogP contribution in [0.1, 0.15) is 13.3 Å². The first-order chi connectivity index (χ1) is 5.25. The van der Waals surface area contributed by atoms with E-state index in [9.17, 15) is 27.7 Å².